The summed E-state index contributed by atoms with van der Waals surface area (Å²) in [5.74, 6) is -6.22. The summed E-state index contributed by atoms with van der Waals surface area (Å²) in [6.45, 7) is 3.14. The van der Waals surface area contributed by atoms with Crippen LogP contribution in [0.2, 0.25) is 0 Å². The molecule has 0 heterocycles. The molecule has 440 valence electrons. The number of phosphoric acid groups is 1. The van der Waals surface area contributed by atoms with E-state index in [0.29, 0.717) is 12.8 Å². The SMILES string of the molecule is CCCCCCCCCCCCCCCCCC(=O)OC[C@H](COP(=O)(O)OCCNC(=O)CCC(=O)O)OC(=O)CCCCCCCCCCCCCCCCC.O.O=C(O)C(=O)O.[NH-]C1CCCCC1[NH-].[Pt+2]. The van der Waals surface area contributed by atoms with Gasteiger partial charge in [-0.1, -0.05) is 219 Å². The van der Waals surface area contributed by atoms with Crippen LogP contribution >= 0.6 is 7.82 Å². The fraction of sp³-hybridized carbons (Fsp3) is 0.887. The van der Waals surface area contributed by atoms with E-state index in [0.717, 1.165) is 51.4 Å². The minimum Gasteiger partial charge on any atom is -0.676 e. The number of amides is 1. The van der Waals surface area contributed by atoms with E-state index in [1.54, 1.807) is 0 Å². The van der Waals surface area contributed by atoms with Crippen molar-refractivity contribution in [3.8, 4) is 0 Å². The molecule has 1 rings (SSSR count). The minimum absolute atomic E-state index is 0. The Morgan fingerprint density at radius 2 is 0.878 bits per heavy atom. The molecule has 1 fully saturated rings. The fourth-order valence-electron chi connectivity index (χ4n) is 7.91. The molecule has 4 atom stereocenters. The van der Waals surface area contributed by atoms with Gasteiger partial charge in [-0.25, -0.2) is 14.2 Å². The summed E-state index contributed by atoms with van der Waals surface area (Å²) >= 11 is 0. The van der Waals surface area contributed by atoms with Gasteiger partial charge < -0.3 is 51.9 Å². The van der Waals surface area contributed by atoms with Gasteiger partial charge in [-0.3, -0.25) is 28.2 Å². The first-order chi connectivity index (χ1) is 34.5. The molecule has 0 aromatic heterocycles. The zero-order valence-electron chi connectivity index (χ0n) is 45.5. The van der Waals surface area contributed by atoms with Gasteiger partial charge in [-0.15, -0.1) is 0 Å². The number of carbonyl (C=O) groups excluding carboxylic acids is 3. The van der Waals surface area contributed by atoms with E-state index >= 15 is 0 Å². The zero-order chi connectivity index (χ0) is 53.9. The molecule has 74 heavy (non-hydrogen) atoms. The van der Waals surface area contributed by atoms with Gasteiger partial charge in [-0.2, -0.15) is 12.1 Å². The van der Waals surface area contributed by atoms with E-state index in [1.807, 2.05) is 0 Å². The average molecular weight is 1260 g/mol. The van der Waals surface area contributed by atoms with Crippen LogP contribution in [0.15, 0.2) is 0 Å². The summed E-state index contributed by atoms with van der Waals surface area (Å²) in [5.41, 5.74) is 14.6. The number of phosphoric ester groups is 1. The van der Waals surface area contributed by atoms with Gasteiger partial charge in [0, 0.05) is 25.8 Å². The molecule has 0 aromatic carbocycles. The first-order valence-electron chi connectivity index (χ1n) is 27.9. The number of unbranched alkanes of at least 4 members (excludes halogenated alkanes) is 28. The maximum Gasteiger partial charge on any atom is 2.00 e. The summed E-state index contributed by atoms with van der Waals surface area (Å²) in [7, 11) is -4.61. The van der Waals surface area contributed by atoms with E-state index in [4.69, 9.17) is 54.9 Å². The maximum absolute atomic E-state index is 12.7. The molecule has 0 aromatic rings. The second-order valence-corrected chi connectivity index (χ2v) is 20.6. The molecule has 21 heteroatoms. The quantitative estimate of drug-likeness (QED) is 0.0164. The van der Waals surface area contributed by atoms with E-state index in [9.17, 15) is 28.6 Å². The van der Waals surface area contributed by atoms with E-state index < -0.39 is 56.3 Å². The number of hydrogen-bond donors (Lipinski definition) is 5. The van der Waals surface area contributed by atoms with Crippen molar-refractivity contribution in [3.05, 3.63) is 11.5 Å². The van der Waals surface area contributed by atoms with Crippen LogP contribution in [-0.2, 0) is 72.9 Å². The Morgan fingerprint density at radius 3 is 1.22 bits per heavy atom. The van der Waals surface area contributed by atoms with Crippen molar-refractivity contribution in [2.75, 3.05) is 26.4 Å². The Morgan fingerprint density at radius 1 is 0.527 bits per heavy atom. The summed E-state index contributed by atoms with van der Waals surface area (Å²) in [5, 5.41) is 25.9. The Bertz CT molecular complexity index is 1400. The summed E-state index contributed by atoms with van der Waals surface area (Å²) in [6.07, 6.45) is 39.6. The van der Waals surface area contributed by atoms with Crippen molar-refractivity contribution in [1.29, 1.82) is 0 Å². The molecule has 0 bridgehead atoms. The Hall–Kier alpha value is -2.50. The van der Waals surface area contributed by atoms with Crippen molar-refractivity contribution >= 4 is 43.6 Å². The van der Waals surface area contributed by atoms with Gasteiger partial charge >= 0.3 is 58.7 Å². The normalized spacial score (nSPS) is 15.0. The second kappa shape index (κ2) is 56.7. The Kier molecular flexibility index (Phi) is 59.8. The van der Waals surface area contributed by atoms with Gasteiger partial charge in [0.15, 0.2) is 6.10 Å². The van der Waals surface area contributed by atoms with Crippen LogP contribution in [-0.4, -0.2) is 106 Å². The Balaban J connectivity index is -0.00000132. The Labute approximate surface area is 459 Å². The predicted molar refractivity (Wildman–Crippen MR) is 285 cm³/mol. The summed E-state index contributed by atoms with van der Waals surface area (Å²) < 4.78 is 33.3. The zero-order valence-corrected chi connectivity index (χ0v) is 48.6. The van der Waals surface area contributed by atoms with Crippen LogP contribution in [0.25, 0.3) is 11.5 Å². The number of esters is 2. The molecule has 3 unspecified atom stereocenters. The third-order valence-electron chi connectivity index (χ3n) is 12.3. The molecule has 1 aliphatic carbocycles. The van der Waals surface area contributed by atoms with E-state index in [2.05, 4.69) is 19.2 Å². The molecular weight excluding hydrogens is 1160 g/mol. The minimum atomic E-state index is -4.61. The van der Waals surface area contributed by atoms with Crippen LogP contribution < -0.4 is 5.32 Å². The van der Waals surface area contributed by atoms with Crippen molar-refractivity contribution in [1.82, 2.24) is 5.32 Å². The molecule has 0 radical (unpaired) electrons. The first-order valence-corrected chi connectivity index (χ1v) is 29.4. The van der Waals surface area contributed by atoms with E-state index in [1.165, 1.54) is 154 Å². The first kappa shape index (κ1) is 78.0. The van der Waals surface area contributed by atoms with Gasteiger partial charge in [0.25, 0.3) is 0 Å². The van der Waals surface area contributed by atoms with Crippen LogP contribution in [0.3, 0.4) is 0 Å². The maximum atomic E-state index is 12.7. The molecule has 9 N–H and O–H groups in total. The monoisotopic (exact) mass is 1260 g/mol. The molecule has 19 nitrogen and oxygen atoms in total. The van der Waals surface area contributed by atoms with Crippen molar-refractivity contribution in [2.45, 2.75) is 276 Å². The predicted octanol–water partition coefficient (Wildman–Crippen LogP) is 12.8. The van der Waals surface area contributed by atoms with Crippen molar-refractivity contribution in [2.24, 2.45) is 0 Å². The number of rotatable bonds is 45. The molecule has 1 amide bonds. The van der Waals surface area contributed by atoms with Gasteiger partial charge in [0.2, 0.25) is 5.91 Å². The van der Waals surface area contributed by atoms with Crippen LogP contribution in [0, 0.1) is 0 Å². The molecule has 0 aliphatic heterocycles. The smallest absolute Gasteiger partial charge is 0.676 e. The topological polar surface area (TPSA) is 328 Å². The molecule has 0 saturated heterocycles. The standard InChI is InChI=1S/C45H86NO11P.C6H12N2.C2H2O4.H2O.Pt/c1-3-5-7-9-11-13-15-17-19-21-23-25-27-29-31-33-44(50)54-39-41(40-56-58(52,53)55-38-37-46-42(47)35-36-43(48)49)57-45(51)34-32-30-28-26-24-22-20-18-16-14-12-10-8-6-4-2;7-5-3-1-2-4-6(5)8;3-1(4)2(5)6;;/h41H,3-40H2,1-2H3,(H,46,47)(H,48,49)(H,52,53);5-8H,1-4H2;(H,3,4)(H,5,6);1H2;/q;-2;;;+2/t41-;;;;/m1..../s1. The van der Waals surface area contributed by atoms with Crippen LogP contribution in [0.5, 0.6) is 0 Å². The van der Waals surface area contributed by atoms with Crippen LogP contribution in [0.1, 0.15) is 258 Å². The second-order valence-electron chi connectivity index (χ2n) is 19.1. The number of nitrogens with one attached hydrogen (secondary N) is 3. The number of carboxylic acids is 3. The number of carboxylic acid groups (broad SMARTS) is 3. The number of ether oxygens (including phenoxy) is 2. The molecular formula is C53H102N3O16PPt. The number of hydrogen-bond acceptors (Lipinski definition) is 11. The van der Waals surface area contributed by atoms with Gasteiger partial charge in [0.05, 0.1) is 19.6 Å². The molecule has 1 aliphatic rings. The van der Waals surface area contributed by atoms with Crippen molar-refractivity contribution < 1.29 is 98.6 Å². The van der Waals surface area contributed by atoms with Crippen molar-refractivity contribution in [3.63, 3.8) is 0 Å². The third kappa shape index (κ3) is 58.8. The van der Waals surface area contributed by atoms with Gasteiger partial charge in [-0.05, 0) is 12.8 Å². The third-order valence-corrected chi connectivity index (χ3v) is 13.3. The van der Waals surface area contributed by atoms with Gasteiger partial charge in [0.1, 0.15) is 6.61 Å². The number of carbonyl (C=O) groups is 6. The molecule has 0 spiro atoms. The number of aliphatic carboxylic acids is 3. The largest absolute Gasteiger partial charge is 2.00 e. The fourth-order valence-corrected chi connectivity index (χ4v) is 8.66. The summed E-state index contributed by atoms with van der Waals surface area (Å²) in [4.78, 5) is 75.8. The molecule has 1 saturated carbocycles. The van der Waals surface area contributed by atoms with Crippen LogP contribution in [0.4, 0.5) is 0 Å². The average Bonchev–Trinajstić information content (AvgIpc) is 3.34. The van der Waals surface area contributed by atoms with E-state index in [-0.39, 0.29) is 84.1 Å². The summed E-state index contributed by atoms with van der Waals surface area (Å²) in [6, 6.07) is -0.160.